The highest BCUT2D eigenvalue weighted by molar-refractivity contribution is 4.95. The lowest BCUT2D eigenvalue weighted by molar-refractivity contribution is -0.591. The minimum Gasteiger partial charge on any atom is -0.758 e. The summed E-state index contributed by atoms with van der Waals surface area (Å²) >= 11 is 0. The highest BCUT2D eigenvalue weighted by atomic mass is 16.5. The highest BCUT2D eigenvalue weighted by Gasteiger charge is 2.42. The van der Waals surface area contributed by atoms with Crippen LogP contribution in [-0.4, -0.2) is 26.7 Å². The van der Waals surface area contributed by atoms with Crippen LogP contribution in [0.3, 0.4) is 0 Å². The predicted octanol–water partition coefficient (Wildman–Crippen LogP) is 0.147. The van der Waals surface area contributed by atoms with E-state index in [1.54, 1.807) is 0 Å². The van der Waals surface area contributed by atoms with Crippen LogP contribution in [0.15, 0.2) is 12.4 Å². The van der Waals surface area contributed by atoms with E-state index < -0.39 is 11.8 Å². The summed E-state index contributed by atoms with van der Waals surface area (Å²) in [5.74, 6) is 0. The Labute approximate surface area is 64.1 Å². The van der Waals surface area contributed by atoms with E-state index in [-0.39, 0.29) is 0 Å². The summed E-state index contributed by atoms with van der Waals surface area (Å²) in [6, 6.07) is 0. The minimum absolute atomic E-state index is 0.356. The molecule has 1 aliphatic rings. The maximum atomic E-state index is 11.0. The van der Waals surface area contributed by atoms with E-state index in [0.29, 0.717) is 9.82 Å². The first-order valence-corrected chi connectivity index (χ1v) is 3.24. The molecule has 0 bridgehead atoms. The second-order valence-electron chi connectivity index (χ2n) is 3.01. The number of hydroxylamine groups is 2. The molecule has 1 atom stereocenters. The molecule has 0 fully saturated rings. The third-order valence-electron chi connectivity index (χ3n) is 1.79. The number of nitrogens with zero attached hydrogens (tertiary/aromatic N) is 2. The molecule has 1 rings (SSSR count). The average Bonchev–Trinajstić information content (AvgIpc) is 1.95. The van der Waals surface area contributed by atoms with Gasteiger partial charge in [0, 0.05) is 4.91 Å². The number of aliphatic hydroxyl groups is 1. The molecule has 1 aliphatic heterocycles. The molecular weight excluding hydrogens is 148 g/mol. The topological polar surface area (TPSA) is 66.6 Å². The molecule has 0 aliphatic carbocycles. The summed E-state index contributed by atoms with van der Waals surface area (Å²) in [5, 5.41) is 20.7. The second-order valence-corrected chi connectivity index (χ2v) is 3.01. The Morgan fingerprint density at radius 3 is 2.73 bits per heavy atom. The summed E-state index contributed by atoms with van der Waals surface area (Å²) < 4.78 is 0.356. The minimum atomic E-state index is -1.30. The molecule has 0 aromatic heterocycles. The molecule has 5 nitrogen and oxygen atoms in total. The van der Waals surface area contributed by atoms with Crippen LogP contribution in [0.1, 0.15) is 13.8 Å². The van der Waals surface area contributed by atoms with Gasteiger partial charge < -0.3 is 15.4 Å². The van der Waals surface area contributed by atoms with Gasteiger partial charge in [-0.25, -0.2) is 0 Å². The van der Waals surface area contributed by atoms with E-state index >= 15 is 0 Å². The van der Waals surface area contributed by atoms with E-state index in [2.05, 4.69) is 0 Å². The third kappa shape index (κ3) is 1.12. The molecule has 5 heteroatoms. The number of nitroso groups, excluding NO2 is 1. The SMILES string of the molecule is CC1(C)C(O)[N+](=O)C=CN1[O-]. The van der Waals surface area contributed by atoms with E-state index in [9.17, 15) is 15.2 Å². The highest BCUT2D eigenvalue weighted by Crippen LogP contribution is 2.22. The van der Waals surface area contributed by atoms with Gasteiger partial charge in [-0.2, -0.15) is 0 Å². The summed E-state index contributed by atoms with van der Waals surface area (Å²) in [4.78, 5) is 10.8. The monoisotopic (exact) mass is 158 g/mol. The molecule has 1 unspecified atom stereocenters. The van der Waals surface area contributed by atoms with E-state index in [4.69, 9.17) is 0 Å². The first-order valence-electron chi connectivity index (χ1n) is 3.24. The van der Waals surface area contributed by atoms with Crippen LogP contribution in [0.25, 0.3) is 0 Å². The molecule has 1 heterocycles. The molecule has 1 N–H and O–H groups in total. The Bertz CT molecular complexity index is 212. The zero-order valence-electron chi connectivity index (χ0n) is 6.39. The lowest BCUT2D eigenvalue weighted by Gasteiger charge is -2.42. The molecule has 0 saturated carbocycles. The zero-order chi connectivity index (χ0) is 8.65. The van der Waals surface area contributed by atoms with Gasteiger partial charge in [-0.15, -0.1) is 0 Å². The van der Waals surface area contributed by atoms with Crippen molar-refractivity contribution in [3.05, 3.63) is 22.5 Å². The smallest absolute Gasteiger partial charge is 0.330 e. The van der Waals surface area contributed by atoms with Gasteiger partial charge in [-0.3, -0.25) is 0 Å². The molecule has 0 aromatic rings. The maximum Gasteiger partial charge on any atom is 0.330 e. The quantitative estimate of drug-likeness (QED) is 0.509. The summed E-state index contributed by atoms with van der Waals surface area (Å²) in [6.45, 7) is 3.00. The van der Waals surface area contributed by atoms with Gasteiger partial charge in [0.25, 0.3) is 0 Å². The normalized spacial score (nSPS) is 29.3. The Morgan fingerprint density at radius 2 is 2.27 bits per heavy atom. The van der Waals surface area contributed by atoms with Gasteiger partial charge in [0.2, 0.25) is 6.20 Å². The van der Waals surface area contributed by atoms with Gasteiger partial charge in [0.15, 0.2) is 0 Å². The van der Waals surface area contributed by atoms with Crippen molar-refractivity contribution < 1.29 is 9.87 Å². The average molecular weight is 158 g/mol. The molecule has 0 saturated heterocycles. The van der Waals surface area contributed by atoms with Crippen molar-refractivity contribution in [2.75, 3.05) is 0 Å². The number of hydrogen-bond donors (Lipinski definition) is 1. The Balaban J connectivity index is 2.97. The van der Waals surface area contributed by atoms with Crippen LogP contribution in [-0.2, 0) is 0 Å². The van der Waals surface area contributed by atoms with Gasteiger partial charge in [-0.05, 0) is 13.8 Å². The van der Waals surface area contributed by atoms with Crippen LogP contribution < -0.4 is 0 Å². The molecular formula is C6H10N2O3. The summed E-state index contributed by atoms with van der Waals surface area (Å²) in [5.41, 5.74) is -1.07. The fourth-order valence-corrected chi connectivity index (χ4v) is 0.825. The first-order chi connectivity index (χ1) is 4.96. The van der Waals surface area contributed by atoms with Gasteiger partial charge in [0.1, 0.15) is 5.54 Å². The fraction of sp³-hybridized carbons (Fsp3) is 0.667. The molecule has 11 heavy (non-hydrogen) atoms. The number of hydrogen-bond acceptors (Lipinski definition) is 4. The van der Waals surface area contributed by atoms with E-state index in [1.807, 2.05) is 0 Å². The molecule has 0 radical (unpaired) electrons. The Kier molecular flexibility index (Phi) is 1.69. The third-order valence-corrected chi connectivity index (χ3v) is 1.79. The number of rotatable bonds is 0. The fourth-order valence-electron chi connectivity index (χ4n) is 0.825. The van der Waals surface area contributed by atoms with Crippen LogP contribution in [0, 0.1) is 10.1 Å². The zero-order valence-corrected chi connectivity index (χ0v) is 6.39. The van der Waals surface area contributed by atoms with Crippen LogP contribution in [0.4, 0.5) is 0 Å². The Morgan fingerprint density at radius 1 is 1.73 bits per heavy atom. The second kappa shape index (κ2) is 2.28. The van der Waals surface area contributed by atoms with Crippen molar-refractivity contribution in [2.45, 2.75) is 25.6 Å². The molecule has 0 amide bonds. The first kappa shape index (κ1) is 8.16. The number of aliphatic hydroxyl groups excluding tert-OH is 1. The van der Waals surface area contributed by atoms with Gasteiger partial charge >= 0.3 is 6.23 Å². The summed E-state index contributed by atoms with van der Waals surface area (Å²) in [7, 11) is 0. The molecule has 0 aromatic carbocycles. The molecule has 62 valence electrons. The lowest BCUT2D eigenvalue weighted by Crippen LogP contribution is -2.53. The largest absolute Gasteiger partial charge is 0.758 e. The van der Waals surface area contributed by atoms with Crippen molar-refractivity contribution >= 4 is 0 Å². The van der Waals surface area contributed by atoms with Crippen LogP contribution in [0.5, 0.6) is 0 Å². The maximum absolute atomic E-state index is 11.0. The van der Waals surface area contributed by atoms with Crippen molar-refractivity contribution in [3.63, 3.8) is 0 Å². The van der Waals surface area contributed by atoms with E-state index in [0.717, 1.165) is 12.4 Å². The van der Waals surface area contributed by atoms with Crippen molar-refractivity contribution in [3.8, 4) is 0 Å². The van der Waals surface area contributed by atoms with Crippen LogP contribution >= 0.6 is 0 Å². The van der Waals surface area contributed by atoms with Gasteiger partial charge in [0.05, 0.1) is 11.0 Å². The Hall–Kier alpha value is -0.940. The molecule has 0 spiro atoms. The van der Waals surface area contributed by atoms with Gasteiger partial charge in [-0.1, -0.05) is 0 Å². The van der Waals surface area contributed by atoms with E-state index in [1.165, 1.54) is 13.8 Å². The standard InChI is InChI=1S/C6H10N2O3/c1-6(2)5(9)7(10)3-4-8(6)11/h3-5,9H,1-2H3. The summed E-state index contributed by atoms with van der Waals surface area (Å²) in [6.07, 6.45) is 0.799. The van der Waals surface area contributed by atoms with Crippen molar-refractivity contribution in [1.29, 1.82) is 0 Å². The van der Waals surface area contributed by atoms with Crippen molar-refractivity contribution in [1.82, 2.24) is 5.06 Å². The van der Waals surface area contributed by atoms with Crippen LogP contribution in [0.2, 0.25) is 0 Å². The predicted molar refractivity (Wildman–Crippen MR) is 38.1 cm³/mol. The van der Waals surface area contributed by atoms with Crippen molar-refractivity contribution in [2.24, 2.45) is 0 Å². The lowest BCUT2D eigenvalue weighted by atomic mass is 10.0.